The van der Waals surface area contributed by atoms with Crippen LogP contribution >= 0.6 is 0 Å². The van der Waals surface area contributed by atoms with E-state index in [1.54, 1.807) is 0 Å². The predicted molar refractivity (Wildman–Crippen MR) is 223 cm³/mol. The van der Waals surface area contributed by atoms with Crippen molar-refractivity contribution >= 4 is 40.6 Å². The van der Waals surface area contributed by atoms with Crippen molar-refractivity contribution < 1.29 is 0 Å². The van der Waals surface area contributed by atoms with Gasteiger partial charge in [0.05, 0.1) is 11.4 Å². The maximum Gasteiger partial charge on any atom is 0.0502 e. The molecule has 6 aromatic rings. The highest BCUT2D eigenvalue weighted by Crippen LogP contribution is 2.52. The van der Waals surface area contributed by atoms with Gasteiger partial charge in [-0.05, 0) is 112 Å². The molecule has 0 aromatic heterocycles. The van der Waals surface area contributed by atoms with E-state index in [2.05, 4.69) is 209 Å². The van der Waals surface area contributed by atoms with Crippen molar-refractivity contribution in [3.05, 3.63) is 197 Å². The lowest BCUT2D eigenvalue weighted by Gasteiger charge is -2.42. The molecule has 2 heteroatoms. The molecule has 52 heavy (non-hydrogen) atoms. The first-order valence-electron chi connectivity index (χ1n) is 18.5. The van der Waals surface area contributed by atoms with Crippen molar-refractivity contribution in [3.8, 4) is 11.1 Å². The van der Waals surface area contributed by atoms with E-state index in [9.17, 15) is 0 Å². The zero-order valence-corrected chi connectivity index (χ0v) is 30.9. The number of allylic oxidation sites excluding steroid dienone is 2. The lowest BCUT2D eigenvalue weighted by Crippen LogP contribution is -2.32. The monoisotopic (exact) mass is 674 g/mol. The van der Waals surface area contributed by atoms with Gasteiger partial charge in [0.15, 0.2) is 0 Å². The molecule has 0 saturated carbocycles. The van der Waals surface area contributed by atoms with E-state index in [-0.39, 0.29) is 10.8 Å². The Hall–Kier alpha value is -5.86. The van der Waals surface area contributed by atoms with Crippen molar-refractivity contribution in [1.29, 1.82) is 0 Å². The summed E-state index contributed by atoms with van der Waals surface area (Å²) < 4.78 is 0. The van der Waals surface area contributed by atoms with Crippen LogP contribution in [-0.4, -0.2) is 0 Å². The number of hydrogen-bond acceptors (Lipinski definition) is 2. The molecule has 0 N–H and O–H groups in total. The quantitative estimate of drug-likeness (QED) is 0.117. The van der Waals surface area contributed by atoms with E-state index in [1.807, 2.05) is 6.08 Å². The summed E-state index contributed by atoms with van der Waals surface area (Å²) in [5.41, 5.74) is 17.1. The summed E-state index contributed by atoms with van der Waals surface area (Å²) in [4.78, 5) is 4.73. The van der Waals surface area contributed by atoms with E-state index in [1.165, 1.54) is 61.6 Å². The molecule has 1 aliphatic heterocycles. The van der Waals surface area contributed by atoms with Crippen LogP contribution in [0.3, 0.4) is 0 Å². The minimum Gasteiger partial charge on any atom is -0.310 e. The molecule has 2 aliphatic rings. The van der Waals surface area contributed by atoms with Crippen molar-refractivity contribution in [3.63, 3.8) is 0 Å². The van der Waals surface area contributed by atoms with Crippen molar-refractivity contribution in [1.82, 2.24) is 0 Å². The van der Waals surface area contributed by atoms with Crippen LogP contribution in [0.1, 0.15) is 74.4 Å². The van der Waals surface area contributed by atoms with Gasteiger partial charge in [-0.3, -0.25) is 0 Å². The van der Waals surface area contributed by atoms with Gasteiger partial charge in [0.2, 0.25) is 0 Å². The molecule has 1 aliphatic carbocycles. The van der Waals surface area contributed by atoms with E-state index in [0.717, 1.165) is 23.5 Å². The van der Waals surface area contributed by atoms with Gasteiger partial charge < -0.3 is 9.80 Å². The lowest BCUT2D eigenvalue weighted by atomic mass is 9.73. The number of fused-ring (bicyclic) bond motifs is 5. The average Bonchev–Trinajstić information content (AvgIpc) is 3.39. The van der Waals surface area contributed by atoms with Crippen LogP contribution < -0.4 is 9.80 Å². The Morgan fingerprint density at radius 3 is 1.71 bits per heavy atom. The molecule has 0 bridgehead atoms. The van der Waals surface area contributed by atoms with Gasteiger partial charge in [-0.1, -0.05) is 144 Å². The Labute approximate surface area is 309 Å². The Kier molecular flexibility index (Phi) is 8.35. The number of nitrogens with zero attached hydrogens (tertiary/aromatic N) is 2. The summed E-state index contributed by atoms with van der Waals surface area (Å²) in [5.74, 6) is 0. The number of benzene rings is 6. The summed E-state index contributed by atoms with van der Waals surface area (Å²) >= 11 is 0. The summed E-state index contributed by atoms with van der Waals surface area (Å²) in [6.07, 6.45) is 9.73. The Balaban J connectivity index is 1.13. The van der Waals surface area contributed by atoms with Crippen LogP contribution in [0.25, 0.3) is 23.3 Å². The van der Waals surface area contributed by atoms with Crippen LogP contribution in [0.4, 0.5) is 28.4 Å². The smallest absolute Gasteiger partial charge is 0.0502 e. The first-order valence-corrected chi connectivity index (χ1v) is 18.5. The number of para-hydroxylation sites is 3. The largest absolute Gasteiger partial charge is 0.310 e. The Morgan fingerprint density at radius 1 is 0.558 bits per heavy atom. The second-order valence-electron chi connectivity index (χ2n) is 15.0. The van der Waals surface area contributed by atoms with Gasteiger partial charge in [0.1, 0.15) is 0 Å². The van der Waals surface area contributed by atoms with E-state index in [4.69, 9.17) is 0 Å². The molecule has 0 unspecified atom stereocenters. The Morgan fingerprint density at radius 2 is 1.08 bits per heavy atom. The fourth-order valence-electron chi connectivity index (χ4n) is 8.36. The molecule has 6 aromatic carbocycles. The van der Waals surface area contributed by atoms with Gasteiger partial charge in [-0.15, -0.1) is 0 Å². The van der Waals surface area contributed by atoms with Gasteiger partial charge in [-0.2, -0.15) is 0 Å². The molecule has 0 saturated heterocycles. The molecule has 256 valence electrons. The van der Waals surface area contributed by atoms with Crippen LogP contribution in [0, 0.1) is 0 Å². The maximum absolute atomic E-state index is 4.18. The molecule has 8 rings (SSSR count). The molecule has 0 radical (unpaired) electrons. The number of rotatable bonds is 8. The molecule has 2 nitrogen and oxygen atoms in total. The fraction of sp³-hybridized carbons (Fsp3) is 0.160. The number of anilines is 5. The minimum atomic E-state index is -0.149. The van der Waals surface area contributed by atoms with E-state index in [0.29, 0.717) is 0 Å². The third-order valence-electron chi connectivity index (χ3n) is 11.1. The lowest BCUT2D eigenvalue weighted by molar-refractivity contribution is 0.630. The summed E-state index contributed by atoms with van der Waals surface area (Å²) in [7, 11) is 0. The van der Waals surface area contributed by atoms with Crippen molar-refractivity contribution in [2.24, 2.45) is 0 Å². The molecule has 0 atom stereocenters. The highest BCUT2D eigenvalue weighted by Gasteiger charge is 2.38. The molecule has 0 spiro atoms. The third kappa shape index (κ3) is 5.51. The summed E-state index contributed by atoms with van der Waals surface area (Å²) in [5, 5.41) is 0. The van der Waals surface area contributed by atoms with Gasteiger partial charge >= 0.3 is 0 Å². The topological polar surface area (TPSA) is 6.48 Å². The average molecular weight is 675 g/mol. The molecule has 0 fully saturated rings. The standard InChI is InChI=1S/C50H46N2/c1-7-17-37(8-2)52-47-23-16-15-22-43(47)49(3,4)46-33-36(27-31-48(46)52)25-24-35-26-29-41-42-30-28-40(34-45(42)50(5,6)44(41)32-35)51(38-18-11-9-12-19-38)39-20-13-10-14-21-39/h8-34H,2,7H2,1,3-6H3/b25-24+,37-17+. The van der Waals surface area contributed by atoms with Crippen LogP contribution in [-0.2, 0) is 10.8 Å². The highest BCUT2D eigenvalue weighted by molar-refractivity contribution is 5.87. The number of hydrogen-bond donors (Lipinski definition) is 0. The zero-order valence-electron chi connectivity index (χ0n) is 30.9. The van der Waals surface area contributed by atoms with Crippen molar-refractivity contribution in [2.45, 2.75) is 51.9 Å². The SMILES string of the molecule is C=C/C(=C\CC)N1c2ccccc2C(C)(C)c2cc(/C=C/c3ccc4c(c3)C(C)(C)c3cc(N(c5ccccc5)c5ccccc5)ccc3-4)ccc21. The molecule has 0 amide bonds. The minimum absolute atomic E-state index is 0.148. The highest BCUT2D eigenvalue weighted by atomic mass is 15.2. The predicted octanol–water partition coefficient (Wildman–Crippen LogP) is 13.9. The summed E-state index contributed by atoms with van der Waals surface area (Å²) in [6, 6.07) is 51.0. The van der Waals surface area contributed by atoms with Crippen molar-refractivity contribution in [2.75, 3.05) is 9.80 Å². The van der Waals surface area contributed by atoms with E-state index >= 15 is 0 Å². The normalized spacial score (nSPS) is 15.1. The Bertz CT molecular complexity index is 2320. The zero-order chi connectivity index (χ0) is 36.0. The van der Waals surface area contributed by atoms with Crippen LogP contribution in [0.5, 0.6) is 0 Å². The van der Waals surface area contributed by atoms with Gasteiger partial charge in [0.25, 0.3) is 0 Å². The first kappa shape index (κ1) is 33.3. The van der Waals surface area contributed by atoms with Gasteiger partial charge in [0, 0.05) is 33.6 Å². The van der Waals surface area contributed by atoms with E-state index < -0.39 is 0 Å². The van der Waals surface area contributed by atoms with Crippen LogP contribution in [0.2, 0.25) is 0 Å². The second kappa shape index (κ2) is 13.0. The molecular weight excluding hydrogens is 629 g/mol. The summed E-state index contributed by atoms with van der Waals surface area (Å²) in [6.45, 7) is 15.8. The third-order valence-corrected chi connectivity index (χ3v) is 11.1. The molecule has 1 heterocycles. The maximum atomic E-state index is 4.18. The second-order valence-corrected chi connectivity index (χ2v) is 15.0. The van der Waals surface area contributed by atoms with Crippen LogP contribution in [0.15, 0.2) is 164 Å². The fourth-order valence-corrected chi connectivity index (χ4v) is 8.36. The van der Waals surface area contributed by atoms with Gasteiger partial charge in [-0.25, -0.2) is 0 Å². The molecular formula is C50H46N2. The first-order chi connectivity index (χ1) is 25.2.